The standard InChI is InChI=1S/C13H16F3N3O/c14-10-2-1-9(11(15)12(10)16)13(20)18-5-8-19-6-3-17-4-7-19/h1-2,17H,3-8H2,(H,18,20). The van der Waals surface area contributed by atoms with Crippen LogP contribution in [0.5, 0.6) is 0 Å². The Labute approximate surface area is 114 Å². The molecule has 110 valence electrons. The maximum atomic E-state index is 13.4. The Balaban J connectivity index is 1.87. The molecule has 1 aromatic carbocycles. The minimum atomic E-state index is -1.63. The fraction of sp³-hybridized carbons (Fsp3) is 0.462. The summed E-state index contributed by atoms with van der Waals surface area (Å²) in [5.41, 5.74) is -0.482. The van der Waals surface area contributed by atoms with Gasteiger partial charge in [-0.25, -0.2) is 13.2 Å². The number of hydrogen-bond donors (Lipinski definition) is 2. The van der Waals surface area contributed by atoms with Crippen LogP contribution in [0, 0.1) is 17.5 Å². The molecule has 0 aromatic heterocycles. The first-order valence-corrected chi connectivity index (χ1v) is 6.44. The molecule has 0 radical (unpaired) electrons. The van der Waals surface area contributed by atoms with Crippen LogP contribution in [0.1, 0.15) is 10.4 Å². The van der Waals surface area contributed by atoms with Crippen LogP contribution in [0.15, 0.2) is 12.1 Å². The molecule has 0 saturated carbocycles. The first kappa shape index (κ1) is 14.8. The first-order valence-electron chi connectivity index (χ1n) is 6.44. The van der Waals surface area contributed by atoms with Crippen LogP contribution in [0.3, 0.4) is 0 Å². The number of piperazine rings is 1. The van der Waals surface area contributed by atoms with Crippen LogP contribution in [-0.4, -0.2) is 50.1 Å². The largest absolute Gasteiger partial charge is 0.351 e. The van der Waals surface area contributed by atoms with E-state index in [9.17, 15) is 18.0 Å². The van der Waals surface area contributed by atoms with Gasteiger partial charge in [-0.1, -0.05) is 0 Å². The quantitative estimate of drug-likeness (QED) is 0.803. The fourth-order valence-electron chi connectivity index (χ4n) is 2.06. The van der Waals surface area contributed by atoms with E-state index in [2.05, 4.69) is 15.5 Å². The molecule has 2 rings (SSSR count). The normalized spacial score (nSPS) is 16.1. The Morgan fingerprint density at radius 3 is 2.60 bits per heavy atom. The van der Waals surface area contributed by atoms with Gasteiger partial charge in [0.25, 0.3) is 5.91 Å². The van der Waals surface area contributed by atoms with E-state index in [1.54, 1.807) is 0 Å². The molecule has 4 nitrogen and oxygen atoms in total. The van der Waals surface area contributed by atoms with E-state index in [1.807, 2.05) is 0 Å². The number of amides is 1. The van der Waals surface area contributed by atoms with Gasteiger partial charge in [0.1, 0.15) is 0 Å². The van der Waals surface area contributed by atoms with Crippen molar-refractivity contribution in [3.8, 4) is 0 Å². The number of rotatable bonds is 4. The zero-order valence-corrected chi connectivity index (χ0v) is 10.9. The highest BCUT2D eigenvalue weighted by Crippen LogP contribution is 2.14. The Kier molecular flexibility index (Phi) is 4.97. The Hall–Kier alpha value is -1.60. The molecular formula is C13H16F3N3O. The number of nitrogens with zero attached hydrogens (tertiary/aromatic N) is 1. The molecule has 20 heavy (non-hydrogen) atoms. The van der Waals surface area contributed by atoms with Crippen molar-refractivity contribution < 1.29 is 18.0 Å². The molecular weight excluding hydrogens is 271 g/mol. The van der Waals surface area contributed by atoms with E-state index < -0.39 is 28.9 Å². The Bertz CT molecular complexity index is 490. The average molecular weight is 287 g/mol. The summed E-state index contributed by atoms with van der Waals surface area (Å²) < 4.78 is 39.2. The van der Waals surface area contributed by atoms with Gasteiger partial charge in [0.2, 0.25) is 0 Å². The van der Waals surface area contributed by atoms with Crippen molar-refractivity contribution in [2.75, 3.05) is 39.3 Å². The van der Waals surface area contributed by atoms with Crippen LogP contribution in [0.2, 0.25) is 0 Å². The Morgan fingerprint density at radius 2 is 1.90 bits per heavy atom. The molecule has 1 aliphatic heterocycles. The van der Waals surface area contributed by atoms with Crippen LogP contribution in [0.25, 0.3) is 0 Å². The molecule has 1 amide bonds. The number of hydrogen-bond acceptors (Lipinski definition) is 3. The van der Waals surface area contributed by atoms with E-state index in [-0.39, 0.29) is 0 Å². The van der Waals surface area contributed by atoms with E-state index in [0.29, 0.717) is 13.1 Å². The fourth-order valence-corrected chi connectivity index (χ4v) is 2.06. The summed E-state index contributed by atoms with van der Waals surface area (Å²) in [5.74, 6) is -5.12. The number of benzene rings is 1. The molecule has 1 fully saturated rings. The first-order chi connectivity index (χ1) is 9.59. The predicted molar refractivity (Wildman–Crippen MR) is 68.0 cm³/mol. The smallest absolute Gasteiger partial charge is 0.254 e. The molecule has 7 heteroatoms. The lowest BCUT2D eigenvalue weighted by molar-refractivity contribution is 0.0942. The van der Waals surface area contributed by atoms with E-state index in [0.717, 1.165) is 38.3 Å². The summed E-state index contributed by atoms with van der Waals surface area (Å²) in [4.78, 5) is 13.9. The lowest BCUT2D eigenvalue weighted by Gasteiger charge is -2.27. The van der Waals surface area contributed by atoms with Gasteiger partial charge in [0, 0.05) is 39.3 Å². The molecule has 0 unspecified atom stereocenters. The number of nitrogens with one attached hydrogen (secondary N) is 2. The minimum Gasteiger partial charge on any atom is -0.351 e. The zero-order chi connectivity index (χ0) is 14.5. The van der Waals surface area contributed by atoms with Crippen molar-refractivity contribution in [3.63, 3.8) is 0 Å². The maximum Gasteiger partial charge on any atom is 0.254 e. The van der Waals surface area contributed by atoms with Gasteiger partial charge in [-0.3, -0.25) is 9.69 Å². The summed E-state index contributed by atoms with van der Waals surface area (Å²) in [6, 6.07) is 1.68. The lowest BCUT2D eigenvalue weighted by Crippen LogP contribution is -2.46. The maximum absolute atomic E-state index is 13.4. The van der Waals surface area contributed by atoms with Crippen LogP contribution in [-0.2, 0) is 0 Å². The highest BCUT2D eigenvalue weighted by molar-refractivity contribution is 5.94. The van der Waals surface area contributed by atoms with Gasteiger partial charge in [-0.15, -0.1) is 0 Å². The summed E-state index contributed by atoms with van der Waals surface area (Å²) in [6.07, 6.45) is 0. The Morgan fingerprint density at radius 1 is 1.20 bits per heavy atom. The second-order valence-corrected chi connectivity index (χ2v) is 4.57. The van der Waals surface area contributed by atoms with Gasteiger partial charge in [-0.05, 0) is 12.1 Å². The molecule has 0 aliphatic carbocycles. The average Bonchev–Trinajstić information content (AvgIpc) is 2.46. The molecule has 1 saturated heterocycles. The molecule has 0 atom stereocenters. The van der Waals surface area contributed by atoms with Crippen molar-refractivity contribution in [2.45, 2.75) is 0 Å². The van der Waals surface area contributed by atoms with Crippen LogP contribution >= 0.6 is 0 Å². The van der Waals surface area contributed by atoms with E-state index in [4.69, 9.17) is 0 Å². The summed E-state index contributed by atoms with van der Waals surface area (Å²) >= 11 is 0. The van der Waals surface area contributed by atoms with Gasteiger partial charge < -0.3 is 10.6 Å². The topological polar surface area (TPSA) is 44.4 Å². The third-order valence-corrected chi connectivity index (χ3v) is 3.20. The summed E-state index contributed by atoms with van der Waals surface area (Å²) in [5, 5.41) is 5.71. The van der Waals surface area contributed by atoms with E-state index in [1.165, 1.54) is 0 Å². The highest BCUT2D eigenvalue weighted by Gasteiger charge is 2.18. The number of halogens is 3. The van der Waals surface area contributed by atoms with Crippen molar-refractivity contribution in [1.82, 2.24) is 15.5 Å². The van der Waals surface area contributed by atoms with Gasteiger partial charge in [0.15, 0.2) is 17.5 Å². The summed E-state index contributed by atoms with van der Waals surface area (Å²) in [7, 11) is 0. The third-order valence-electron chi connectivity index (χ3n) is 3.20. The van der Waals surface area contributed by atoms with Crippen LogP contribution in [0.4, 0.5) is 13.2 Å². The van der Waals surface area contributed by atoms with E-state index >= 15 is 0 Å². The number of carbonyl (C=O) groups is 1. The second-order valence-electron chi connectivity index (χ2n) is 4.57. The van der Waals surface area contributed by atoms with Gasteiger partial charge >= 0.3 is 0 Å². The molecule has 1 aliphatic rings. The SMILES string of the molecule is O=C(NCCN1CCNCC1)c1ccc(F)c(F)c1F. The second kappa shape index (κ2) is 6.71. The van der Waals surface area contributed by atoms with Gasteiger partial charge in [0.05, 0.1) is 5.56 Å². The molecule has 1 aromatic rings. The minimum absolute atomic E-state index is 0.331. The summed E-state index contributed by atoms with van der Waals surface area (Å²) in [6.45, 7) is 4.53. The molecule has 0 bridgehead atoms. The van der Waals surface area contributed by atoms with Gasteiger partial charge in [-0.2, -0.15) is 0 Å². The predicted octanol–water partition coefficient (Wildman–Crippen LogP) is 0.739. The number of carbonyl (C=O) groups excluding carboxylic acids is 1. The monoisotopic (exact) mass is 287 g/mol. The third kappa shape index (κ3) is 3.49. The molecule has 0 spiro atoms. The van der Waals surface area contributed by atoms with Crippen molar-refractivity contribution in [1.29, 1.82) is 0 Å². The van der Waals surface area contributed by atoms with Crippen molar-refractivity contribution >= 4 is 5.91 Å². The molecule has 2 N–H and O–H groups in total. The zero-order valence-electron chi connectivity index (χ0n) is 10.9. The molecule has 1 heterocycles. The van der Waals surface area contributed by atoms with Crippen molar-refractivity contribution in [2.24, 2.45) is 0 Å². The lowest BCUT2D eigenvalue weighted by atomic mass is 10.2. The highest BCUT2D eigenvalue weighted by atomic mass is 19.2. The van der Waals surface area contributed by atoms with Crippen LogP contribution < -0.4 is 10.6 Å². The van der Waals surface area contributed by atoms with Crippen molar-refractivity contribution in [3.05, 3.63) is 35.1 Å².